The van der Waals surface area contributed by atoms with E-state index in [0.29, 0.717) is 0 Å². The minimum absolute atomic E-state index is 0.00646. The van der Waals surface area contributed by atoms with Gasteiger partial charge in [-0.05, 0) is 17.7 Å². The molecule has 2 aliphatic heterocycles. The Morgan fingerprint density at radius 2 is 1.35 bits per heavy atom. The lowest BCUT2D eigenvalue weighted by atomic mass is 10.0. The normalized spacial score (nSPS) is 15.3. The van der Waals surface area contributed by atoms with Gasteiger partial charge in [-0.25, -0.2) is 4.99 Å². The maximum absolute atomic E-state index is 13.3. The Hall–Kier alpha value is -3.24. The summed E-state index contributed by atoms with van der Waals surface area (Å²) in [5.74, 6) is 0.00646. The summed E-state index contributed by atoms with van der Waals surface area (Å²) in [6.07, 6.45) is 0. The smallest absolute Gasteiger partial charge is 0.267 e. The fraction of sp³-hybridized carbons (Fsp3) is 0. The number of benzene rings is 3. The molecule has 0 spiro atoms. The van der Waals surface area contributed by atoms with Gasteiger partial charge in [0, 0.05) is 5.56 Å². The number of nitrogens with zero attached hydrogens (tertiary/aromatic N) is 2. The first-order valence-corrected chi connectivity index (χ1v) is 9.20. The van der Waals surface area contributed by atoms with E-state index in [2.05, 4.69) is 0 Å². The molecule has 0 saturated carbocycles. The van der Waals surface area contributed by atoms with Crippen molar-refractivity contribution in [3.8, 4) is 0 Å². The first-order valence-electron chi connectivity index (χ1n) is 8.38. The van der Waals surface area contributed by atoms with Crippen LogP contribution in [0.25, 0.3) is 0 Å². The van der Waals surface area contributed by atoms with Crippen molar-refractivity contribution in [3.63, 3.8) is 0 Å². The number of carbonyl (C=O) groups is 1. The van der Waals surface area contributed by atoms with Gasteiger partial charge in [0.25, 0.3) is 5.91 Å². The molecule has 2 heterocycles. The highest BCUT2D eigenvalue weighted by Gasteiger charge is 2.36. The average Bonchev–Trinajstić information content (AvgIpc) is 3.06. The van der Waals surface area contributed by atoms with E-state index in [1.807, 2.05) is 84.9 Å². The van der Waals surface area contributed by atoms with Crippen LogP contribution in [-0.2, 0) is 4.79 Å². The summed E-state index contributed by atoms with van der Waals surface area (Å²) in [6, 6.07) is 27.7. The second-order valence-corrected chi connectivity index (χ2v) is 7.06. The third kappa shape index (κ3) is 2.27. The number of carbonyl (C=O) groups excluding carboxylic acids is 1. The summed E-state index contributed by atoms with van der Waals surface area (Å²) in [7, 11) is 1.50. The van der Waals surface area contributed by atoms with Gasteiger partial charge >= 0.3 is 0 Å². The topological polar surface area (TPSA) is 32.7 Å². The molecule has 5 rings (SSSR count). The lowest BCUT2D eigenvalue weighted by Crippen LogP contribution is -2.42. The van der Waals surface area contributed by atoms with E-state index in [0.717, 1.165) is 38.1 Å². The van der Waals surface area contributed by atoms with E-state index in [-0.39, 0.29) is 5.91 Å². The van der Waals surface area contributed by atoms with E-state index in [1.54, 1.807) is 4.90 Å². The second-order valence-electron chi connectivity index (χ2n) is 6.06. The summed E-state index contributed by atoms with van der Waals surface area (Å²) in [5, 5.41) is 0. The zero-order valence-corrected chi connectivity index (χ0v) is 14.6. The molecule has 0 radical (unpaired) electrons. The van der Waals surface area contributed by atoms with Crippen molar-refractivity contribution < 1.29 is 4.79 Å². The van der Waals surface area contributed by atoms with Crippen LogP contribution in [0.5, 0.6) is 0 Å². The van der Waals surface area contributed by atoms with E-state index in [4.69, 9.17) is 4.99 Å². The van der Waals surface area contributed by atoms with Gasteiger partial charge in [-0.3, -0.25) is 9.69 Å². The highest BCUT2D eigenvalue weighted by Crippen LogP contribution is 2.37. The Morgan fingerprint density at radius 1 is 0.731 bits per heavy atom. The molecular formula is C22H14N2OS. The molecule has 0 saturated heterocycles. The zero-order chi connectivity index (χ0) is 17.5. The second kappa shape index (κ2) is 5.93. The van der Waals surface area contributed by atoms with E-state index >= 15 is 0 Å². The van der Waals surface area contributed by atoms with E-state index in [1.165, 1.54) is 10.9 Å². The van der Waals surface area contributed by atoms with Crippen LogP contribution in [0.1, 0.15) is 11.1 Å². The Balaban J connectivity index is 1.77. The quantitative estimate of drug-likeness (QED) is 0.633. The summed E-state index contributed by atoms with van der Waals surface area (Å²) in [6.45, 7) is 0. The van der Waals surface area contributed by atoms with Crippen molar-refractivity contribution in [2.24, 2.45) is 4.99 Å². The number of anilines is 1. The van der Waals surface area contributed by atoms with Gasteiger partial charge in [0.15, 0.2) is 0 Å². The summed E-state index contributed by atoms with van der Waals surface area (Å²) < 4.78 is 0. The zero-order valence-electron chi connectivity index (χ0n) is 13.8. The third-order valence-electron chi connectivity index (χ3n) is 4.44. The summed E-state index contributed by atoms with van der Waals surface area (Å²) in [5.41, 5.74) is 4.45. The van der Waals surface area contributed by atoms with Crippen molar-refractivity contribution >= 4 is 43.8 Å². The molecule has 0 atom stereocenters. The molecule has 0 unspecified atom stereocenters. The van der Waals surface area contributed by atoms with Gasteiger partial charge in [0.05, 0.1) is 11.4 Å². The Labute approximate surface area is 154 Å². The number of para-hydroxylation sites is 2. The minimum atomic E-state index is 0.00646. The standard InChI is InChI=1S/C22H14N2OS/c25-21-20(16-11-5-2-6-12-16)26-22-19(15-9-3-1-4-10-15)23-17-13-7-8-14-18(17)24(21)22/h1-14H. The Bertz CT molecular complexity index is 1130. The lowest BCUT2D eigenvalue weighted by Gasteiger charge is -2.27. The van der Waals surface area contributed by atoms with Gasteiger partial charge in [0.1, 0.15) is 15.6 Å². The van der Waals surface area contributed by atoms with Crippen LogP contribution in [0.3, 0.4) is 0 Å². The van der Waals surface area contributed by atoms with Crippen molar-refractivity contribution in [1.82, 2.24) is 0 Å². The average molecular weight is 354 g/mol. The fourth-order valence-electron chi connectivity index (χ4n) is 3.22. The maximum Gasteiger partial charge on any atom is 0.274 e. The number of fused-ring (bicyclic) bond motifs is 3. The molecule has 0 aliphatic carbocycles. The van der Waals surface area contributed by atoms with Crippen LogP contribution in [0.2, 0.25) is 0 Å². The Morgan fingerprint density at radius 3 is 2.08 bits per heavy atom. The molecule has 124 valence electrons. The summed E-state index contributed by atoms with van der Waals surface area (Å²) >= 11 is 0. The number of aliphatic imine (C=N–C) groups is 1. The van der Waals surface area contributed by atoms with Crippen molar-refractivity contribution in [1.29, 1.82) is 0 Å². The predicted molar refractivity (Wildman–Crippen MR) is 110 cm³/mol. The molecule has 1 amide bonds. The van der Waals surface area contributed by atoms with Gasteiger partial charge in [0.2, 0.25) is 0 Å². The molecule has 3 aromatic rings. The molecule has 3 nitrogen and oxygen atoms in total. The molecular weight excluding hydrogens is 340 g/mol. The third-order valence-corrected chi connectivity index (χ3v) is 5.62. The maximum atomic E-state index is 13.3. The van der Waals surface area contributed by atoms with Crippen molar-refractivity contribution in [2.45, 2.75) is 0 Å². The van der Waals surface area contributed by atoms with Crippen LogP contribution in [0.15, 0.2) is 89.9 Å². The monoisotopic (exact) mass is 354 g/mol. The van der Waals surface area contributed by atoms with Crippen LogP contribution in [0, 0.1) is 0 Å². The van der Waals surface area contributed by atoms with Crippen molar-refractivity contribution in [3.05, 3.63) is 96.1 Å². The Kier molecular flexibility index (Phi) is 3.43. The number of amides is 1. The van der Waals surface area contributed by atoms with Gasteiger partial charge < -0.3 is 0 Å². The molecule has 3 aromatic carbocycles. The summed E-state index contributed by atoms with van der Waals surface area (Å²) in [4.78, 5) is 21.6. The van der Waals surface area contributed by atoms with Crippen LogP contribution in [0.4, 0.5) is 11.4 Å². The highest BCUT2D eigenvalue weighted by atomic mass is 32.1. The first kappa shape index (κ1) is 15.0. The molecule has 2 aliphatic rings. The fourth-order valence-corrected chi connectivity index (χ4v) is 4.38. The number of hydrogen-bond donors (Lipinski definition) is 0. The molecule has 26 heavy (non-hydrogen) atoms. The van der Waals surface area contributed by atoms with Crippen LogP contribution in [-0.4, -0.2) is 21.5 Å². The molecule has 0 bridgehead atoms. The van der Waals surface area contributed by atoms with Gasteiger partial charge in [-0.2, -0.15) is 0 Å². The largest absolute Gasteiger partial charge is 0.274 e. The molecule has 4 heteroatoms. The molecule has 0 aromatic heterocycles. The minimum Gasteiger partial charge on any atom is -0.267 e. The first-order chi connectivity index (χ1) is 12.8. The number of rotatable bonds is 2. The highest BCUT2D eigenvalue weighted by molar-refractivity contribution is 8.02. The lowest BCUT2D eigenvalue weighted by molar-refractivity contribution is -0.111. The van der Waals surface area contributed by atoms with Crippen LogP contribution >= 0.6 is 10.9 Å². The molecule has 0 fully saturated rings. The van der Waals surface area contributed by atoms with E-state index in [9.17, 15) is 4.79 Å². The van der Waals surface area contributed by atoms with Gasteiger partial charge in [-0.1, -0.05) is 72.8 Å². The SMILES string of the molecule is O=C1C(c2ccccc2)=S=C2C(c3ccccc3)=Nc3ccccc3N12. The van der Waals surface area contributed by atoms with Gasteiger partial charge in [-0.15, -0.1) is 10.9 Å². The van der Waals surface area contributed by atoms with Crippen LogP contribution < -0.4 is 4.90 Å². The predicted octanol–water partition coefficient (Wildman–Crippen LogP) is 4.25. The number of hydrogen-bond acceptors (Lipinski definition) is 2. The van der Waals surface area contributed by atoms with E-state index < -0.39 is 0 Å². The molecule has 0 N–H and O–H groups in total. The van der Waals surface area contributed by atoms with Crippen molar-refractivity contribution in [2.75, 3.05) is 4.90 Å².